The van der Waals surface area contributed by atoms with Gasteiger partial charge in [0.15, 0.2) is 0 Å². The number of para-hydroxylation sites is 1. The fraction of sp³-hybridized carbons (Fsp3) is 0.222. The molecule has 0 saturated heterocycles. The van der Waals surface area contributed by atoms with Gasteiger partial charge >= 0.3 is 0 Å². The highest BCUT2D eigenvalue weighted by Gasteiger charge is 2.15. The molecule has 0 unspecified atom stereocenters. The molecule has 0 spiro atoms. The average molecular weight is 393 g/mol. The Hall–Kier alpha value is -2.21. The van der Waals surface area contributed by atoms with Gasteiger partial charge in [0.05, 0.1) is 12.2 Å². The molecule has 2 rings (SSSR count). The zero-order valence-electron chi connectivity index (χ0n) is 13.3. The molecule has 0 bridgehead atoms. The lowest BCUT2D eigenvalue weighted by Gasteiger charge is -2.21. The van der Waals surface area contributed by atoms with Gasteiger partial charge in [-0.2, -0.15) is 0 Å². The van der Waals surface area contributed by atoms with E-state index in [4.69, 9.17) is 0 Å². The number of carbonyl (C=O) groups excluding carboxylic acids is 2. The van der Waals surface area contributed by atoms with Gasteiger partial charge in [-0.05, 0) is 46.1 Å². The number of amides is 2. The van der Waals surface area contributed by atoms with Crippen molar-refractivity contribution in [2.24, 2.45) is 0 Å². The Morgan fingerprint density at radius 2 is 1.79 bits per heavy atom. The van der Waals surface area contributed by atoms with Crippen LogP contribution < -0.4 is 5.32 Å². The first kappa shape index (κ1) is 18.1. The average Bonchev–Trinajstić information content (AvgIpc) is 2.54. The Kier molecular flexibility index (Phi) is 6.49. The molecule has 0 atom stereocenters. The van der Waals surface area contributed by atoms with E-state index in [2.05, 4.69) is 21.2 Å². The maximum atomic E-state index is 13.6. The number of carbonyl (C=O) groups is 2. The molecule has 0 aromatic heterocycles. The van der Waals surface area contributed by atoms with Crippen molar-refractivity contribution >= 4 is 33.4 Å². The number of benzene rings is 2. The van der Waals surface area contributed by atoms with Crippen LogP contribution in [-0.2, 0) is 16.0 Å². The zero-order chi connectivity index (χ0) is 17.5. The maximum Gasteiger partial charge on any atom is 0.244 e. The molecule has 126 valence electrons. The van der Waals surface area contributed by atoms with Gasteiger partial charge in [-0.3, -0.25) is 9.59 Å². The van der Waals surface area contributed by atoms with Crippen LogP contribution in [0.2, 0.25) is 0 Å². The molecule has 1 N–H and O–H groups in total. The molecule has 0 radical (unpaired) electrons. The molecule has 0 aliphatic heterocycles. The summed E-state index contributed by atoms with van der Waals surface area (Å²) in [6, 6.07) is 13.7. The van der Waals surface area contributed by atoms with Crippen LogP contribution in [0, 0.1) is 5.82 Å². The van der Waals surface area contributed by atoms with E-state index in [9.17, 15) is 14.0 Å². The Bertz CT molecular complexity index is 736. The highest BCUT2D eigenvalue weighted by molar-refractivity contribution is 9.10. The van der Waals surface area contributed by atoms with E-state index in [0.717, 1.165) is 4.47 Å². The normalized spacial score (nSPS) is 10.3. The van der Waals surface area contributed by atoms with E-state index in [1.165, 1.54) is 17.9 Å². The number of hydrogen-bond acceptors (Lipinski definition) is 2. The molecular weight excluding hydrogens is 375 g/mol. The molecule has 0 saturated carbocycles. The summed E-state index contributed by atoms with van der Waals surface area (Å²) < 4.78 is 14.4. The number of nitrogens with one attached hydrogen (secondary N) is 1. The molecule has 2 aromatic carbocycles. The molecule has 0 aliphatic rings. The first-order chi connectivity index (χ1) is 11.5. The highest BCUT2D eigenvalue weighted by Crippen LogP contribution is 2.21. The van der Waals surface area contributed by atoms with Crippen LogP contribution in [0.15, 0.2) is 53.0 Å². The molecule has 24 heavy (non-hydrogen) atoms. The van der Waals surface area contributed by atoms with E-state index < -0.39 is 0 Å². The Labute approximate surface area is 148 Å². The lowest BCUT2D eigenvalue weighted by atomic mass is 10.1. The van der Waals surface area contributed by atoms with Crippen LogP contribution in [0.3, 0.4) is 0 Å². The summed E-state index contributed by atoms with van der Waals surface area (Å²) in [6.45, 7) is 1.60. The Morgan fingerprint density at radius 1 is 1.12 bits per heavy atom. The smallest absolute Gasteiger partial charge is 0.244 e. The van der Waals surface area contributed by atoms with Crippen molar-refractivity contribution in [3.63, 3.8) is 0 Å². The van der Waals surface area contributed by atoms with E-state index in [1.54, 1.807) is 30.3 Å². The summed E-state index contributed by atoms with van der Waals surface area (Å²) in [7, 11) is 0. The molecule has 0 heterocycles. The second-order valence-electron chi connectivity index (χ2n) is 5.31. The minimum absolute atomic E-state index is 0.0783. The number of nitrogens with zero attached hydrogens (tertiary/aromatic N) is 1. The van der Waals surface area contributed by atoms with Gasteiger partial charge in [0.1, 0.15) is 5.82 Å². The van der Waals surface area contributed by atoms with Crippen molar-refractivity contribution < 1.29 is 14.0 Å². The van der Waals surface area contributed by atoms with Gasteiger partial charge in [-0.15, -0.1) is 0 Å². The predicted octanol–water partition coefficient (Wildman–Crippen LogP) is 3.62. The molecule has 0 fully saturated rings. The number of rotatable bonds is 6. The van der Waals surface area contributed by atoms with Crippen LogP contribution in [0.25, 0.3) is 0 Å². The largest absolute Gasteiger partial charge is 0.333 e. The molecular formula is C18H18BrFN2O2. The van der Waals surface area contributed by atoms with Gasteiger partial charge in [0, 0.05) is 17.9 Å². The third-order valence-electron chi connectivity index (χ3n) is 3.54. The van der Waals surface area contributed by atoms with Crippen LogP contribution in [-0.4, -0.2) is 29.8 Å². The van der Waals surface area contributed by atoms with Crippen molar-refractivity contribution in [1.82, 2.24) is 4.90 Å². The molecule has 2 amide bonds. The second kappa shape index (κ2) is 8.59. The van der Waals surface area contributed by atoms with Crippen molar-refractivity contribution in [2.75, 3.05) is 18.4 Å². The number of halogens is 2. The summed E-state index contributed by atoms with van der Waals surface area (Å²) in [5.74, 6) is -0.835. The topological polar surface area (TPSA) is 49.4 Å². The van der Waals surface area contributed by atoms with Gasteiger partial charge in [0.25, 0.3) is 0 Å². The third kappa shape index (κ3) is 5.16. The third-order valence-corrected chi connectivity index (χ3v) is 4.23. The minimum atomic E-state index is -0.307. The van der Waals surface area contributed by atoms with Crippen molar-refractivity contribution in [2.45, 2.75) is 13.3 Å². The summed E-state index contributed by atoms with van der Waals surface area (Å²) >= 11 is 3.35. The van der Waals surface area contributed by atoms with Crippen molar-refractivity contribution in [3.05, 3.63) is 64.4 Å². The van der Waals surface area contributed by atoms with Crippen LogP contribution >= 0.6 is 15.9 Å². The van der Waals surface area contributed by atoms with Crippen LogP contribution in [0.5, 0.6) is 0 Å². The van der Waals surface area contributed by atoms with Gasteiger partial charge in [-0.1, -0.05) is 30.3 Å². The first-order valence-corrected chi connectivity index (χ1v) is 8.30. The summed E-state index contributed by atoms with van der Waals surface area (Å²) in [4.78, 5) is 25.3. The summed E-state index contributed by atoms with van der Waals surface area (Å²) in [6.07, 6.45) is 0.356. The van der Waals surface area contributed by atoms with Crippen molar-refractivity contribution in [1.29, 1.82) is 0 Å². The standard InChI is InChI=1S/C18H18BrFN2O2/c1-13(23)22(11-10-14-6-2-4-8-16(14)20)12-18(24)21-17-9-5-3-7-15(17)19/h2-9H,10-12H2,1H3,(H,21,24). The highest BCUT2D eigenvalue weighted by atomic mass is 79.9. The van der Waals surface area contributed by atoms with E-state index in [0.29, 0.717) is 17.7 Å². The first-order valence-electron chi connectivity index (χ1n) is 7.50. The SMILES string of the molecule is CC(=O)N(CCc1ccccc1F)CC(=O)Nc1ccccc1Br. The molecule has 6 heteroatoms. The second-order valence-corrected chi connectivity index (χ2v) is 6.16. The quantitative estimate of drug-likeness (QED) is 0.815. The summed E-state index contributed by atoms with van der Waals surface area (Å²) in [5.41, 5.74) is 1.16. The summed E-state index contributed by atoms with van der Waals surface area (Å²) in [5, 5.41) is 2.75. The Balaban J connectivity index is 1.96. The lowest BCUT2D eigenvalue weighted by molar-refractivity contribution is -0.132. The van der Waals surface area contributed by atoms with Crippen LogP contribution in [0.1, 0.15) is 12.5 Å². The van der Waals surface area contributed by atoms with Crippen LogP contribution in [0.4, 0.5) is 10.1 Å². The van der Waals surface area contributed by atoms with Gasteiger partial charge in [-0.25, -0.2) is 4.39 Å². The zero-order valence-corrected chi connectivity index (χ0v) is 14.8. The van der Waals surface area contributed by atoms with E-state index in [-0.39, 0.29) is 30.7 Å². The molecule has 2 aromatic rings. The molecule has 0 aliphatic carbocycles. The van der Waals surface area contributed by atoms with E-state index in [1.807, 2.05) is 12.1 Å². The fourth-order valence-corrected chi connectivity index (χ4v) is 2.61. The van der Waals surface area contributed by atoms with Crippen molar-refractivity contribution in [3.8, 4) is 0 Å². The number of hydrogen-bond donors (Lipinski definition) is 1. The monoisotopic (exact) mass is 392 g/mol. The van der Waals surface area contributed by atoms with Gasteiger partial charge in [0.2, 0.25) is 11.8 Å². The molecule has 4 nitrogen and oxygen atoms in total. The predicted molar refractivity (Wildman–Crippen MR) is 95.1 cm³/mol. The fourth-order valence-electron chi connectivity index (χ4n) is 2.23. The Morgan fingerprint density at radius 3 is 2.46 bits per heavy atom. The lowest BCUT2D eigenvalue weighted by Crippen LogP contribution is -2.38. The van der Waals surface area contributed by atoms with E-state index >= 15 is 0 Å². The maximum absolute atomic E-state index is 13.6. The minimum Gasteiger partial charge on any atom is -0.333 e. The van der Waals surface area contributed by atoms with Gasteiger partial charge < -0.3 is 10.2 Å². The number of anilines is 1.